The molecule has 128 valence electrons. The third-order valence-electron chi connectivity index (χ3n) is 4.49. The molecule has 6 heteroatoms. The van der Waals surface area contributed by atoms with Crippen molar-refractivity contribution in [3.05, 3.63) is 36.0 Å². The summed E-state index contributed by atoms with van der Waals surface area (Å²) in [5.74, 6) is 3.19. The van der Waals surface area contributed by atoms with Gasteiger partial charge in [0, 0.05) is 19.6 Å². The number of hydrogen-bond acceptors (Lipinski definition) is 6. The number of ether oxygens (including phenoxy) is 1. The smallest absolute Gasteiger partial charge is 0.247 e. The lowest BCUT2D eigenvalue weighted by Crippen LogP contribution is -2.34. The van der Waals surface area contributed by atoms with Crippen molar-refractivity contribution in [2.75, 3.05) is 37.0 Å². The number of rotatable bonds is 6. The quantitative estimate of drug-likeness (QED) is 0.880. The maximum atomic E-state index is 5.17. The SMILES string of the molecule is COc1ccc(CCNc2cnnc(N3CCC(C)CC3)n2)cc1. The average Bonchev–Trinajstić information content (AvgIpc) is 2.63. The summed E-state index contributed by atoms with van der Waals surface area (Å²) in [6.45, 7) is 5.13. The first-order valence-corrected chi connectivity index (χ1v) is 8.56. The van der Waals surface area contributed by atoms with Gasteiger partial charge in [-0.05, 0) is 42.9 Å². The minimum absolute atomic E-state index is 0.733. The van der Waals surface area contributed by atoms with E-state index < -0.39 is 0 Å². The van der Waals surface area contributed by atoms with Crippen LogP contribution in [0.1, 0.15) is 25.3 Å². The zero-order valence-corrected chi connectivity index (χ0v) is 14.4. The van der Waals surface area contributed by atoms with Crippen molar-refractivity contribution in [1.29, 1.82) is 0 Å². The van der Waals surface area contributed by atoms with Crippen molar-refractivity contribution in [2.24, 2.45) is 5.92 Å². The van der Waals surface area contributed by atoms with Crippen LogP contribution in [0.3, 0.4) is 0 Å². The van der Waals surface area contributed by atoms with Crippen LogP contribution in [0.25, 0.3) is 0 Å². The van der Waals surface area contributed by atoms with Crippen molar-refractivity contribution in [3.63, 3.8) is 0 Å². The van der Waals surface area contributed by atoms with E-state index >= 15 is 0 Å². The molecule has 1 aromatic heterocycles. The molecule has 2 aromatic rings. The van der Waals surface area contributed by atoms with Gasteiger partial charge in [-0.15, -0.1) is 5.10 Å². The summed E-state index contributed by atoms with van der Waals surface area (Å²) in [4.78, 5) is 6.83. The second-order valence-electron chi connectivity index (χ2n) is 6.34. The lowest BCUT2D eigenvalue weighted by molar-refractivity contribution is 0.414. The maximum absolute atomic E-state index is 5.17. The van der Waals surface area contributed by atoms with Gasteiger partial charge in [0.2, 0.25) is 5.95 Å². The number of nitrogens with one attached hydrogen (secondary N) is 1. The fourth-order valence-electron chi connectivity index (χ4n) is 2.85. The molecule has 0 spiro atoms. The molecule has 1 saturated heterocycles. The first kappa shape index (κ1) is 16.5. The van der Waals surface area contributed by atoms with E-state index in [0.717, 1.165) is 49.5 Å². The zero-order valence-electron chi connectivity index (χ0n) is 14.4. The van der Waals surface area contributed by atoms with E-state index in [1.54, 1.807) is 13.3 Å². The maximum Gasteiger partial charge on any atom is 0.247 e. The molecule has 24 heavy (non-hydrogen) atoms. The van der Waals surface area contributed by atoms with Crippen LogP contribution in [0.15, 0.2) is 30.5 Å². The fraction of sp³-hybridized carbons (Fsp3) is 0.500. The number of piperidine rings is 1. The van der Waals surface area contributed by atoms with Crippen LogP contribution in [0, 0.1) is 5.92 Å². The first-order valence-electron chi connectivity index (χ1n) is 8.56. The molecule has 1 fully saturated rings. The highest BCUT2D eigenvalue weighted by Gasteiger charge is 2.18. The Bertz CT molecular complexity index is 638. The minimum Gasteiger partial charge on any atom is -0.497 e. The van der Waals surface area contributed by atoms with Crippen LogP contribution < -0.4 is 15.0 Å². The van der Waals surface area contributed by atoms with E-state index in [1.165, 1.54) is 18.4 Å². The van der Waals surface area contributed by atoms with Gasteiger partial charge in [-0.2, -0.15) is 10.1 Å². The lowest BCUT2D eigenvalue weighted by atomic mass is 10.00. The summed E-state index contributed by atoms with van der Waals surface area (Å²) in [6, 6.07) is 8.13. The molecule has 6 nitrogen and oxygen atoms in total. The molecule has 1 aliphatic heterocycles. The molecule has 0 saturated carbocycles. The molecule has 1 aliphatic rings. The van der Waals surface area contributed by atoms with Gasteiger partial charge in [-0.25, -0.2) is 0 Å². The summed E-state index contributed by atoms with van der Waals surface area (Å²) < 4.78 is 5.17. The summed E-state index contributed by atoms with van der Waals surface area (Å²) in [5, 5.41) is 11.6. The topological polar surface area (TPSA) is 63.2 Å². The molecule has 0 radical (unpaired) electrons. The van der Waals surface area contributed by atoms with Gasteiger partial charge in [0.1, 0.15) is 5.75 Å². The Balaban J connectivity index is 1.52. The second kappa shape index (κ2) is 7.95. The highest BCUT2D eigenvalue weighted by Crippen LogP contribution is 2.20. The van der Waals surface area contributed by atoms with Gasteiger partial charge in [0.15, 0.2) is 5.82 Å². The molecule has 2 heterocycles. The monoisotopic (exact) mass is 327 g/mol. The van der Waals surface area contributed by atoms with E-state index in [0.29, 0.717) is 0 Å². The molecule has 0 bridgehead atoms. The highest BCUT2D eigenvalue weighted by molar-refractivity contribution is 5.39. The van der Waals surface area contributed by atoms with Crippen LogP contribution in [-0.2, 0) is 6.42 Å². The number of aromatic nitrogens is 3. The first-order chi connectivity index (χ1) is 11.7. The Hall–Kier alpha value is -2.37. The van der Waals surface area contributed by atoms with Gasteiger partial charge in [-0.3, -0.25) is 0 Å². The standard InChI is InChI=1S/C18H25N5O/c1-14-8-11-23(12-9-14)18-21-17(13-20-22-18)19-10-7-15-3-5-16(24-2)6-4-15/h3-6,13-14H,7-12H2,1-2H3,(H,19,21,22). The minimum atomic E-state index is 0.733. The van der Waals surface area contributed by atoms with Gasteiger partial charge >= 0.3 is 0 Å². The van der Waals surface area contributed by atoms with Crippen molar-refractivity contribution in [2.45, 2.75) is 26.2 Å². The molecular formula is C18H25N5O. The van der Waals surface area contributed by atoms with Gasteiger partial charge < -0.3 is 15.0 Å². The summed E-state index contributed by atoms with van der Waals surface area (Å²) >= 11 is 0. The Morgan fingerprint density at radius 3 is 2.67 bits per heavy atom. The van der Waals surface area contributed by atoms with E-state index in [4.69, 9.17) is 4.74 Å². The number of nitrogens with zero attached hydrogens (tertiary/aromatic N) is 4. The van der Waals surface area contributed by atoms with E-state index in [2.05, 4.69) is 44.5 Å². The molecule has 0 amide bonds. The van der Waals surface area contributed by atoms with Crippen LogP contribution >= 0.6 is 0 Å². The van der Waals surface area contributed by atoms with Gasteiger partial charge in [0.25, 0.3) is 0 Å². The third kappa shape index (κ3) is 4.34. The van der Waals surface area contributed by atoms with E-state index in [1.807, 2.05) is 12.1 Å². The van der Waals surface area contributed by atoms with Crippen molar-refractivity contribution in [3.8, 4) is 5.75 Å². The number of anilines is 2. The summed E-state index contributed by atoms with van der Waals surface area (Å²) in [6.07, 6.45) is 4.99. The van der Waals surface area contributed by atoms with E-state index in [9.17, 15) is 0 Å². The molecule has 0 unspecified atom stereocenters. The lowest BCUT2D eigenvalue weighted by Gasteiger charge is -2.29. The summed E-state index contributed by atoms with van der Waals surface area (Å²) in [5.41, 5.74) is 1.26. The van der Waals surface area contributed by atoms with Crippen LogP contribution in [0.2, 0.25) is 0 Å². The van der Waals surface area contributed by atoms with Gasteiger partial charge in [0.05, 0.1) is 13.3 Å². The normalized spacial score (nSPS) is 15.3. The van der Waals surface area contributed by atoms with Crippen molar-refractivity contribution in [1.82, 2.24) is 15.2 Å². The third-order valence-corrected chi connectivity index (χ3v) is 4.49. The Kier molecular flexibility index (Phi) is 5.46. The number of hydrogen-bond donors (Lipinski definition) is 1. The largest absolute Gasteiger partial charge is 0.497 e. The number of methoxy groups -OCH3 is 1. The van der Waals surface area contributed by atoms with Crippen molar-refractivity contribution < 1.29 is 4.74 Å². The van der Waals surface area contributed by atoms with Crippen LogP contribution in [0.5, 0.6) is 5.75 Å². The van der Waals surface area contributed by atoms with E-state index in [-0.39, 0.29) is 0 Å². The Morgan fingerprint density at radius 2 is 1.96 bits per heavy atom. The summed E-state index contributed by atoms with van der Waals surface area (Å²) in [7, 11) is 1.68. The molecule has 1 N–H and O–H groups in total. The molecular weight excluding hydrogens is 302 g/mol. The van der Waals surface area contributed by atoms with Crippen LogP contribution in [-0.4, -0.2) is 41.9 Å². The molecule has 1 aromatic carbocycles. The predicted octanol–water partition coefficient (Wildman–Crippen LogP) is 2.77. The van der Waals surface area contributed by atoms with Crippen molar-refractivity contribution >= 4 is 11.8 Å². The fourth-order valence-corrected chi connectivity index (χ4v) is 2.85. The predicted molar refractivity (Wildman–Crippen MR) is 95.6 cm³/mol. The second-order valence-corrected chi connectivity index (χ2v) is 6.34. The van der Waals surface area contributed by atoms with Gasteiger partial charge in [-0.1, -0.05) is 19.1 Å². The Labute approximate surface area is 143 Å². The zero-order chi connectivity index (χ0) is 16.8. The molecule has 3 rings (SSSR count). The average molecular weight is 327 g/mol. The van der Waals surface area contributed by atoms with Crippen LogP contribution in [0.4, 0.5) is 11.8 Å². The Morgan fingerprint density at radius 1 is 1.21 bits per heavy atom. The number of benzene rings is 1. The highest BCUT2D eigenvalue weighted by atomic mass is 16.5. The molecule has 0 aliphatic carbocycles. The molecule has 0 atom stereocenters.